The normalized spacial score (nSPS) is 10.7. The van der Waals surface area contributed by atoms with Crippen molar-refractivity contribution < 1.29 is 9.47 Å². The molecule has 0 aliphatic rings. The number of benzene rings is 2. The molecular formula is C20H19BrN8O2S. The Hall–Kier alpha value is -3.38. The summed E-state index contributed by atoms with van der Waals surface area (Å²) in [7, 11) is 1.60. The fraction of sp³-hybridized carbons (Fsp3) is 0.150. The summed E-state index contributed by atoms with van der Waals surface area (Å²) in [4.78, 5) is 17.2. The lowest BCUT2D eigenvalue weighted by atomic mass is 10.3. The van der Waals surface area contributed by atoms with Gasteiger partial charge in [-0.2, -0.15) is 15.0 Å². The van der Waals surface area contributed by atoms with E-state index >= 15 is 0 Å². The van der Waals surface area contributed by atoms with Crippen molar-refractivity contribution in [3.8, 4) is 11.5 Å². The summed E-state index contributed by atoms with van der Waals surface area (Å²) in [5, 5.41) is 10.7. The average molecular weight is 515 g/mol. The second-order valence-electron chi connectivity index (χ2n) is 6.35. The first kappa shape index (κ1) is 21.8. The number of anilines is 3. The fourth-order valence-electron chi connectivity index (χ4n) is 2.65. The van der Waals surface area contributed by atoms with E-state index in [-0.39, 0.29) is 12.6 Å². The highest BCUT2D eigenvalue weighted by Crippen LogP contribution is 2.26. The van der Waals surface area contributed by atoms with E-state index in [1.165, 1.54) is 11.8 Å². The number of hydrogen-bond donors (Lipinski definition) is 3. The number of nitrogens with zero attached hydrogens (tertiary/aromatic N) is 5. The molecule has 4 aromatic rings. The molecule has 0 unspecified atom stereocenters. The Labute approximate surface area is 196 Å². The molecule has 0 fully saturated rings. The summed E-state index contributed by atoms with van der Waals surface area (Å²) >= 11 is 4.77. The average Bonchev–Trinajstić information content (AvgIpc) is 3.25. The lowest BCUT2D eigenvalue weighted by Gasteiger charge is -2.10. The second-order valence-corrected chi connectivity index (χ2v) is 8.21. The van der Waals surface area contributed by atoms with Gasteiger partial charge in [-0.3, -0.25) is 5.10 Å². The monoisotopic (exact) mass is 514 g/mol. The number of halogens is 1. The van der Waals surface area contributed by atoms with Crippen LogP contribution in [-0.4, -0.2) is 37.2 Å². The molecule has 0 atom stereocenters. The Morgan fingerprint density at radius 1 is 1.06 bits per heavy atom. The van der Waals surface area contributed by atoms with E-state index in [0.717, 1.165) is 15.9 Å². The van der Waals surface area contributed by atoms with E-state index in [2.05, 4.69) is 51.4 Å². The van der Waals surface area contributed by atoms with E-state index < -0.39 is 0 Å². The first-order valence-corrected chi connectivity index (χ1v) is 11.2. The first-order chi connectivity index (χ1) is 15.6. The van der Waals surface area contributed by atoms with Crippen LogP contribution < -0.4 is 20.5 Å². The molecule has 12 heteroatoms. The molecule has 0 saturated carbocycles. The van der Waals surface area contributed by atoms with Crippen molar-refractivity contribution in [2.24, 2.45) is 0 Å². The van der Waals surface area contributed by atoms with Crippen molar-refractivity contribution in [2.45, 2.75) is 17.5 Å². The lowest BCUT2D eigenvalue weighted by Crippen LogP contribution is -2.07. The summed E-state index contributed by atoms with van der Waals surface area (Å²) in [6.45, 7) is 0.279. The Morgan fingerprint density at radius 3 is 2.69 bits per heavy atom. The molecule has 0 aliphatic heterocycles. The van der Waals surface area contributed by atoms with Gasteiger partial charge in [-0.15, -0.1) is 5.10 Å². The van der Waals surface area contributed by atoms with Crippen molar-refractivity contribution in [2.75, 3.05) is 18.2 Å². The predicted octanol–water partition coefficient (Wildman–Crippen LogP) is 3.96. The van der Waals surface area contributed by atoms with Crippen molar-refractivity contribution in [1.82, 2.24) is 30.1 Å². The van der Waals surface area contributed by atoms with E-state index in [4.69, 9.17) is 15.2 Å². The zero-order chi connectivity index (χ0) is 22.3. The van der Waals surface area contributed by atoms with Crippen LogP contribution in [0.5, 0.6) is 11.5 Å². The van der Waals surface area contributed by atoms with E-state index in [0.29, 0.717) is 34.3 Å². The van der Waals surface area contributed by atoms with Crippen LogP contribution >= 0.6 is 27.7 Å². The Morgan fingerprint density at radius 2 is 1.88 bits per heavy atom. The van der Waals surface area contributed by atoms with Gasteiger partial charge in [-0.05, 0) is 36.4 Å². The molecule has 0 aliphatic carbocycles. The number of aromatic nitrogens is 6. The number of H-pyrrole nitrogens is 1. The van der Waals surface area contributed by atoms with Gasteiger partial charge in [0.05, 0.1) is 18.6 Å². The molecule has 4 rings (SSSR count). The molecule has 10 nitrogen and oxygen atoms in total. The number of hydrogen-bond acceptors (Lipinski definition) is 10. The number of thioether (sulfide) groups is 1. The van der Waals surface area contributed by atoms with Gasteiger partial charge in [0.25, 0.3) is 0 Å². The zero-order valence-corrected chi connectivity index (χ0v) is 19.4. The summed E-state index contributed by atoms with van der Waals surface area (Å²) in [6.07, 6.45) is 0. The second kappa shape index (κ2) is 10.3. The minimum Gasteiger partial charge on any atom is -0.495 e. The Bertz CT molecular complexity index is 1190. The number of nitrogens with two attached hydrogens (primary N) is 1. The number of nitrogens with one attached hydrogen (secondary N) is 2. The van der Waals surface area contributed by atoms with Gasteiger partial charge < -0.3 is 20.5 Å². The van der Waals surface area contributed by atoms with Gasteiger partial charge in [0.1, 0.15) is 23.9 Å². The molecular weight excluding hydrogens is 496 g/mol. The number of rotatable bonds is 9. The minimum atomic E-state index is 0.117. The van der Waals surface area contributed by atoms with Crippen LogP contribution in [0.2, 0.25) is 0 Å². The highest BCUT2D eigenvalue weighted by molar-refractivity contribution is 9.10. The van der Waals surface area contributed by atoms with Gasteiger partial charge >= 0.3 is 0 Å². The maximum absolute atomic E-state index is 5.86. The fourth-order valence-corrected chi connectivity index (χ4v) is 3.58. The molecule has 0 bridgehead atoms. The number of para-hydroxylation sites is 2. The molecule has 2 heterocycles. The summed E-state index contributed by atoms with van der Waals surface area (Å²) in [5.74, 6) is 3.39. The van der Waals surface area contributed by atoms with Crippen LogP contribution in [0.3, 0.4) is 0 Å². The summed E-state index contributed by atoms with van der Waals surface area (Å²) in [6, 6.07) is 15.0. The summed E-state index contributed by atoms with van der Waals surface area (Å²) < 4.78 is 12.0. The maximum Gasteiger partial charge on any atom is 0.232 e. The smallest absolute Gasteiger partial charge is 0.232 e. The highest BCUT2D eigenvalue weighted by Gasteiger charge is 2.11. The SMILES string of the molecule is COc1ccccc1Nc1nc(N)nc(CSc2n[nH]c(COc3ccc(Br)cc3)n2)n1. The van der Waals surface area contributed by atoms with E-state index in [9.17, 15) is 0 Å². The lowest BCUT2D eigenvalue weighted by molar-refractivity contribution is 0.296. The number of aromatic amines is 1. The van der Waals surface area contributed by atoms with Crippen LogP contribution in [-0.2, 0) is 12.4 Å². The van der Waals surface area contributed by atoms with Crippen LogP contribution in [0.25, 0.3) is 0 Å². The van der Waals surface area contributed by atoms with Crippen LogP contribution in [0, 0.1) is 0 Å². The number of ether oxygens (including phenoxy) is 2. The largest absolute Gasteiger partial charge is 0.495 e. The molecule has 2 aromatic heterocycles. The standard InChI is InChI=1S/C20H19BrN8O2S/c1-30-15-5-3-2-4-14(15)23-19-25-17(24-18(22)27-19)11-32-20-26-16(28-29-20)10-31-13-8-6-12(21)7-9-13/h2-9H,10-11H2,1H3,(H,26,28,29)(H3,22,23,24,25,27). The molecule has 0 saturated heterocycles. The predicted molar refractivity (Wildman–Crippen MR) is 125 cm³/mol. The van der Waals surface area contributed by atoms with Gasteiger partial charge in [0, 0.05) is 4.47 Å². The van der Waals surface area contributed by atoms with Crippen molar-refractivity contribution in [3.05, 3.63) is 64.7 Å². The topological polar surface area (TPSA) is 137 Å². The van der Waals surface area contributed by atoms with Gasteiger partial charge in [-0.25, -0.2) is 4.98 Å². The maximum atomic E-state index is 5.86. The third kappa shape index (κ3) is 5.86. The third-order valence-corrected chi connectivity index (χ3v) is 5.46. The number of methoxy groups -OCH3 is 1. The van der Waals surface area contributed by atoms with Crippen molar-refractivity contribution in [1.29, 1.82) is 0 Å². The quantitative estimate of drug-likeness (QED) is 0.281. The molecule has 2 aromatic carbocycles. The van der Waals surface area contributed by atoms with Crippen molar-refractivity contribution in [3.63, 3.8) is 0 Å². The van der Waals surface area contributed by atoms with E-state index in [1.807, 2.05) is 48.5 Å². The Balaban J connectivity index is 1.36. The molecule has 0 amide bonds. The number of nitrogen functional groups attached to an aromatic ring is 1. The molecule has 0 spiro atoms. The van der Waals surface area contributed by atoms with Crippen LogP contribution in [0.1, 0.15) is 11.6 Å². The van der Waals surface area contributed by atoms with Gasteiger partial charge in [0.2, 0.25) is 17.1 Å². The first-order valence-electron chi connectivity index (χ1n) is 9.42. The molecule has 4 N–H and O–H groups in total. The van der Waals surface area contributed by atoms with Crippen molar-refractivity contribution >= 4 is 45.3 Å². The summed E-state index contributed by atoms with van der Waals surface area (Å²) in [5.41, 5.74) is 6.59. The zero-order valence-electron chi connectivity index (χ0n) is 16.9. The Kier molecular flexibility index (Phi) is 7.02. The third-order valence-electron chi connectivity index (χ3n) is 4.08. The van der Waals surface area contributed by atoms with Crippen LogP contribution in [0.4, 0.5) is 17.6 Å². The molecule has 164 valence electrons. The van der Waals surface area contributed by atoms with Gasteiger partial charge in [0.15, 0.2) is 5.82 Å². The molecule has 32 heavy (non-hydrogen) atoms. The minimum absolute atomic E-state index is 0.117. The van der Waals surface area contributed by atoms with Gasteiger partial charge in [-0.1, -0.05) is 39.8 Å². The highest BCUT2D eigenvalue weighted by atomic mass is 79.9. The molecule has 0 radical (unpaired) electrons. The van der Waals surface area contributed by atoms with Crippen LogP contribution in [0.15, 0.2) is 58.2 Å². The van der Waals surface area contributed by atoms with E-state index in [1.54, 1.807) is 7.11 Å².